The maximum atomic E-state index is 12.7. The van der Waals surface area contributed by atoms with Crippen LogP contribution in [0.5, 0.6) is 11.5 Å². The SMILES string of the molecule is Cc1cc(C(F)(F)F)ccc1Oc1ccc2c(c1)CC[C@H]2CC(=O)O. The molecule has 0 spiro atoms. The van der Waals surface area contributed by atoms with Gasteiger partial charge >= 0.3 is 12.1 Å². The van der Waals surface area contributed by atoms with E-state index in [1.807, 2.05) is 12.1 Å². The lowest BCUT2D eigenvalue weighted by molar-refractivity contribution is -0.138. The summed E-state index contributed by atoms with van der Waals surface area (Å²) in [7, 11) is 0. The number of carboxylic acid groups (broad SMARTS) is 1. The van der Waals surface area contributed by atoms with Crippen LogP contribution in [0.1, 0.15) is 41.0 Å². The van der Waals surface area contributed by atoms with E-state index >= 15 is 0 Å². The number of carbonyl (C=O) groups is 1. The van der Waals surface area contributed by atoms with Crippen LogP contribution in [0.2, 0.25) is 0 Å². The van der Waals surface area contributed by atoms with E-state index in [2.05, 4.69) is 0 Å². The van der Waals surface area contributed by atoms with Gasteiger partial charge in [-0.2, -0.15) is 13.2 Å². The predicted molar refractivity (Wildman–Crippen MR) is 86.0 cm³/mol. The van der Waals surface area contributed by atoms with E-state index in [0.29, 0.717) is 17.1 Å². The van der Waals surface area contributed by atoms with E-state index in [-0.39, 0.29) is 12.3 Å². The van der Waals surface area contributed by atoms with Crippen LogP contribution in [0.3, 0.4) is 0 Å². The minimum atomic E-state index is -4.38. The van der Waals surface area contributed by atoms with Crippen molar-refractivity contribution in [2.75, 3.05) is 0 Å². The molecule has 1 atom stereocenters. The molecule has 0 aromatic heterocycles. The molecule has 6 heteroatoms. The quantitative estimate of drug-likeness (QED) is 0.813. The Kier molecular flexibility index (Phi) is 4.45. The van der Waals surface area contributed by atoms with Crippen LogP contribution in [-0.4, -0.2) is 11.1 Å². The lowest BCUT2D eigenvalue weighted by atomic mass is 9.98. The van der Waals surface area contributed by atoms with Crippen LogP contribution >= 0.6 is 0 Å². The first-order valence-electron chi connectivity index (χ1n) is 7.94. The number of aryl methyl sites for hydroxylation is 2. The molecule has 132 valence electrons. The normalized spacial score (nSPS) is 16.6. The average Bonchev–Trinajstić information content (AvgIpc) is 2.90. The predicted octanol–water partition coefficient (Wildman–Crippen LogP) is 5.31. The smallest absolute Gasteiger partial charge is 0.416 e. The summed E-state index contributed by atoms with van der Waals surface area (Å²) in [4.78, 5) is 10.9. The third-order valence-electron chi connectivity index (χ3n) is 4.47. The van der Waals surface area contributed by atoms with Gasteiger partial charge in [0.25, 0.3) is 0 Å². The Labute approximate surface area is 143 Å². The lowest BCUT2D eigenvalue weighted by Crippen LogP contribution is -2.05. The standard InChI is InChI=1S/C19H17F3O3/c1-11-8-14(19(20,21)22)4-7-17(11)25-15-5-6-16-12(9-15)2-3-13(16)10-18(23)24/h4-9,13H,2-3,10H2,1H3,(H,23,24)/t13-/m0/s1. The fourth-order valence-electron chi connectivity index (χ4n) is 3.24. The number of hydrogen-bond donors (Lipinski definition) is 1. The molecule has 1 aliphatic carbocycles. The maximum absolute atomic E-state index is 12.7. The van der Waals surface area contributed by atoms with Crippen LogP contribution in [0.4, 0.5) is 13.2 Å². The molecule has 0 heterocycles. The summed E-state index contributed by atoms with van der Waals surface area (Å²) in [5.41, 5.74) is 1.74. The lowest BCUT2D eigenvalue weighted by Gasteiger charge is -2.13. The zero-order valence-electron chi connectivity index (χ0n) is 13.6. The second-order valence-electron chi connectivity index (χ2n) is 6.27. The summed E-state index contributed by atoms with van der Waals surface area (Å²) in [6.07, 6.45) is -2.72. The minimum Gasteiger partial charge on any atom is -0.481 e. The molecule has 2 aromatic carbocycles. The molecule has 1 aliphatic rings. The van der Waals surface area contributed by atoms with Gasteiger partial charge in [0.1, 0.15) is 11.5 Å². The van der Waals surface area contributed by atoms with Crippen LogP contribution in [0, 0.1) is 6.92 Å². The van der Waals surface area contributed by atoms with Crippen molar-refractivity contribution < 1.29 is 27.8 Å². The summed E-state index contributed by atoms with van der Waals surface area (Å²) in [5.74, 6) is 0.0959. The summed E-state index contributed by atoms with van der Waals surface area (Å²) >= 11 is 0. The highest BCUT2D eigenvalue weighted by atomic mass is 19.4. The van der Waals surface area contributed by atoms with Crippen LogP contribution in [0.15, 0.2) is 36.4 Å². The van der Waals surface area contributed by atoms with Gasteiger partial charge in [-0.15, -0.1) is 0 Å². The van der Waals surface area contributed by atoms with Gasteiger partial charge in [0.2, 0.25) is 0 Å². The Bertz CT molecular complexity index is 812. The Hall–Kier alpha value is -2.50. The summed E-state index contributed by atoms with van der Waals surface area (Å²) in [5, 5.41) is 8.95. The molecule has 0 bridgehead atoms. The molecule has 3 nitrogen and oxygen atoms in total. The summed E-state index contributed by atoms with van der Waals surface area (Å²) in [6, 6.07) is 8.80. The minimum absolute atomic E-state index is 0.00866. The number of aliphatic carboxylic acids is 1. The van der Waals surface area contributed by atoms with Gasteiger partial charge in [-0.05, 0) is 72.7 Å². The highest BCUT2D eigenvalue weighted by Crippen LogP contribution is 2.39. The molecular formula is C19H17F3O3. The van der Waals surface area contributed by atoms with Gasteiger partial charge in [0.15, 0.2) is 0 Å². The second kappa shape index (κ2) is 6.43. The Morgan fingerprint density at radius 2 is 2.00 bits per heavy atom. The largest absolute Gasteiger partial charge is 0.481 e. The molecule has 0 unspecified atom stereocenters. The van der Waals surface area contributed by atoms with E-state index in [1.165, 1.54) is 6.07 Å². The first kappa shape index (κ1) is 17.3. The van der Waals surface area contributed by atoms with Gasteiger partial charge in [-0.25, -0.2) is 0 Å². The van der Waals surface area contributed by atoms with Crippen molar-refractivity contribution in [2.24, 2.45) is 0 Å². The summed E-state index contributed by atoms with van der Waals surface area (Å²) < 4.78 is 43.9. The van der Waals surface area contributed by atoms with Crippen LogP contribution < -0.4 is 4.74 Å². The molecular weight excluding hydrogens is 333 g/mol. The molecule has 0 saturated heterocycles. The fraction of sp³-hybridized carbons (Fsp3) is 0.316. The molecule has 0 saturated carbocycles. The second-order valence-corrected chi connectivity index (χ2v) is 6.27. The number of rotatable bonds is 4. The number of hydrogen-bond acceptors (Lipinski definition) is 2. The van der Waals surface area contributed by atoms with Gasteiger partial charge < -0.3 is 9.84 Å². The van der Waals surface area contributed by atoms with E-state index in [0.717, 1.165) is 36.1 Å². The molecule has 3 rings (SSSR count). The number of carboxylic acids is 1. The summed E-state index contributed by atoms with van der Waals surface area (Å²) in [6.45, 7) is 1.57. The van der Waals surface area contributed by atoms with Crippen molar-refractivity contribution in [3.8, 4) is 11.5 Å². The third-order valence-corrected chi connectivity index (χ3v) is 4.47. The molecule has 25 heavy (non-hydrogen) atoms. The number of benzene rings is 2. The zero-order valence-corrected chi connectivity index (χ0v) is 13.6. The molecule has 2 aromatic rings. The van der Waals surface area contributed by atoms with Crippen molar-refractivity contribution in [3.63, 3.8) is 0 Å². The molecule has 0 radical (unpaired) electrons. The number of ether oxygens (including phenoxy) is 1. The van der Waals surface area contributed by atoms with E-state index in [9.17, 15) is 18.0 Å². The fourth-order valence-corrected chi connectivity index (χ4v) is 3.24. The Balaban J connectivity index is 1.80. The number of halogens is 3. The molecule has 0 amide bonds. The maximum Gasteiger partial charge on any atom is 0.416 e. The first-order valence-corrected chi connectivity index (χ1v) is 7.94. The van der Waals surface area contributed by atoms with Crippen molar-refractivity contribution in [2.45, 2.75) is 38.3 Å². The van der Waals surface area contributed by atoms with E-state index < -0.39 is 17.7 Å². The first-order chi connectivity index (χ1) is 11.7. The van der Waals surface area contributed by atoms with Crippen LogP contribution in [-0.2, 0) is 17.4 Å². The molecule has 1 N–H and O–H groups in total. The van der Waals surface area contributed by atoms with Crippen LogP contribution in [0.25, 0.3) is 0 Å². The van der Waals surface area contributed by atoms with Gasteiger partial charge in [0, 0.05) is 0 Å². The van der Waals surface area contributed by atoms with Crippen molar-refractivity contribution in [1.82, 2.24) is 0 Å². The monoisotopic (exact) mass is 350 g/mol. The number of alkyl halides is 3. The zero-order chi connectivity index (χ0) is 18.2. The highest BCUT2D eigenvalue weighted by molar-refractivity contribution is 5.68. The van der Waals surface area contributed by atoms with Gasteiger partial charge in [-0.3, -0.25) is 4.79 Å². The molecule has 0 aliphatic heterocycles. The Morgan fingerprint density at radius 3 is 2.64 bits per heavy atom. The van der Waals surface area contributed by atoms with Crippen molar-refractivity contribution in [3.05, 3.63) is 58.7 Å². The average molecular weight is 350 g/mol. The third kappa shape index (κ3) is 3.78. The van der Waals surface area contributed by atoms with E-state index in [1.54, 1.807) is 13.0 Å². The van der Waals surface area contributed by atoms with Crippen molar-refractivity contribution in [1.29, 1.82) is 0 Å². The topological polar surface area (TPSA) is 46.5 Å². The number of fused-ring (bicyclic) bond motifs is 1. The molecule has 0 fully saturated rings. The van der Waals surface area contributed by atoms with Crippen molar-refractivity contribution >= 4 is 5.97 Å². The van der Waals surface area contributed by atoms with Gasteiger partial charge in [-0.1, -0.05) is 6.07 Å². The Morgan fingerprint density at radius 1 is 1.24 bits per heavy atom. The van der Waals surface area contributed by atoms with E-state index in [4.69, 9.17) is 9.84 Å². The highest BCUT2D eigenvalue weighted by Gasteiger charge is 2.31. The van der Waals surface area contributed by atoms with Gasteiger partial charge in [0.05, 0.1) is 12.0 Å².